The average molecular weight is 283 g/mol. The lowest BCUT2D eigenvalue weighted by Crippen LogP contribution is -2.46. The molecular formula is C14H18FNO4. The van der Waals surface area contributed by atoms with Gasteiger partial charge in [0.2, 0.25) is 0 Å². The third kappa shape index (κ3) is 3.69. The van der Waals surface area contributed by atoms with Gasteiger partial charge in [-0.3, -0.25) is 4.79 Å². The Kier molecular flexibility index (Phi) is 5.49. The quantitative estimate of drug-likeness (QED) is 0.866. The predicted molar refractivity (Wildman–Crippen MR) is 71.0 cm³/mol. The van der Waals surface area contributed by atoms with E-state index in [4.69, 9.17) is 9.84 Å². The smallest absolute Gasteiger partial charge is 0.326 e. The van der Waals surface area contributed by atoms with Gasteiger partial charge < -0.3 is 14.7 Å². The number of carboxylic acids is 1. The van der Waals surface area contributed by atoms with Gasteiger partial charge in [0.15, 0.2) is 17.7 Å². The molecule has 1 aromatic carbocycles. The summed E-state index contributed by atoms with van der Waals surface area (Å²) in [5, 5.41) is 8.89. The number of hydrogen-bond donors (Lipinski definition) is 1. The first-order valence-corrected chi connectivity index (χ1v) is 6.29. The van der Waals surface area contributed by atoms with Crippen LogP contribution in [0.15, 0.2) is 24.3 Å². The van der Waals surface area contributed by atoms with E-state index < -0.39 is 29.8 Å². The van der Waals surface area contributed by atoms with Crippen molar-refractivity contribution in [3.05, 3.63) is 30.1 Å². The number of benzene rings is 1. The fourth-order valence-electron chi connectivity index (χ4n) is 1.59. The van der Waals surface area contributed by atoms with E-state index in [1.807, 2.05) is 0 Å². The highest BCUT2D eigenvalue weighted by Crippen LogP contribution is 2.19. The van der Waals surface area contributed by atoms with Crippen molar-refractivity contribution in [3.8, 4) is 5.75 Å². The number of rotatable bonds is 6. The van der Waals surface area contributed by atoms with Crippen molar-refractivity contribution in [2.24, 2.45) is 0 Å². The average Bonchev–Trinajstić information content (AvgIpc) is 2.44. The van der Waals surface area contributed by atoms with Crippen LogP contribution in [-0.4, -0.2) is 41.1 Å². The van der Waals surface area contributed by atoms with Crippen LogP contribution in [0, 0.1) is 5.82 Å². The van der Waals surface area contributed by atoms with Crippen LogP contribution in [0.1, 0.15) is 20.3 Å². The van der Waals surface area contributed by atoms with E-state index in [1.54, 1.807) is 13.0 Å². The number of aliphatic carboxylic acids is 1. The Labute approximate surface area is 117 Å². The molecule has 20 heavy (non-hydrogen) atoms. The second-order valence-electron chi connectivity index (χ2n) is 4.41. The molecule has 6 heteroatoms. The maximum Gasteiger partial charge on any atom is 0.326 e. The highest BCUT2D eigenvalue weighted by atomic mass is 19.1. The Morgan fingerprint density at radius 3 is 2.50 bits per heavy atom. The van der Waals surface area contributed by atoms with Crippen molar-refractivity contribution in [1.82, 2.24) is 4.90 Å². The van der Waals surface area contributed by atoms with Gasteiger partial charge in [-0.05, 0) is 25.5 Å². The van der Waals surface area contributed by atoms with Gasteiger partial charge in [0.05, 0.1) is 0 Å². The summed E-state index contributed by atoms with van der Waals surface area (Å²) in [5.74, 6) is -2.19. The summed E-state index contributed by atoms with van der Waals surface area (Å²) in [6.45, 7) is 3.11. The minimum atomic E-state index is -1.11. The summed E-state index contributed by atoms with van der Waals surface area (Å²) in [7, 11) is 1.38. The van der Waals surface area contributed by atoms with Gasteiger partial charge in [0, 0.05) is 7.05 Å². The number of carbonyl (C=O) groups is 2. The summed E-state index contributed by atoms with van der Waals surface area (Å²) in [6.07, 6.45) is -0.608. The molecule has 0 aliphatic rings. The first-order chi connectivity index (χ1) is 9.38. The van der Waals surface area contributed by atoms with Crippen LogP contribution in [0.25, 0.3) is 0 Å². The monoisotopic (exact) mass is 283 g/mol. The highest BCUT2D eigenvalue weighted by Gasteiger charge is 2.28. The van der Waals surface area contributed by atoms with Crippen molar-refractivity contribution < 1.29 is 23.8 Å². The maximum atomic E-state index is 13.5. The summed E-state index contributed by atoms with van der Waals surface area (Å²) < 4.78 is 18.8. The van der Waals surface area contributed by atoms with Crippen molar-refractivity contribution in [3.63, 3.8) is 0 Å². The Bertz CT molecular complexity index is 492. The number of amides is 1. The molecule has 0 bridgehead atoms. The lowest BCUT2D eigenvalue weighted by atomic mass is 10.2. The molecule has 1 amide bonds. The van der Waals surface area contributed by atoms with E-state index >= 15 is 0 Å². The minimum absolute atomic E-state index is 0.0240. The van der Waals surface area contributed by atoms with Crippen LogP contribution in [0.4, 0.5) is 4.39 Å². The van der Waals surface area contributed by atoms with Crippen LogP contribution in [0.5, 0.6) is 5.75 Å². The predicted octanol–water partition coefficient (Wildman–Crippen LogP) is 1.91. The molecule has 0 aromatic heterocycles. The van der Waals surface area contributed by atoms with Crippen molar-refractivity contribution >= 4 is 11.9 Å². The molecule has 1 rings (SSSR count). The third-order valence-corrected chi connectivity index (χ3v) is 3.04. The SMILES string of the molecule is CCC(Oc1ccccc1F)C(=O)N(C)C(C)C(=O)O. The van der Waals surface area contributed by atoms with Gasteiger partial charge in [0.1, 0.15) is 6.04 Å². The molecule has 0 aliphatic carbocycles. The summed E-state index contributed by atoms with van der Waals surface area (Å²) in [5.41, 5.74) is 0. The van der Waals surface area contributed by atoms with Crippen LogP contribution in [0.3, 0.4) is 0 Å². The fraction of sp³-hybridized carbons (Fsp3) is 0.429. The number of para-hydroxylation sites is 1. The molecule has 0 radical (unpaired) electrons. The van der Waals surface area contributed by atoms with Gasteiger partial charge in [-0.1, -0.05) is 19.1 Å². The maximum absolute atomic E-state index is 13.5. The van der Waals surface area contributed by atoms with Crippen molar-refractivity contribution in [1.29, 1.82) is 0 Å². The van der Waals surface area contributed by atoms with Crippen LogP contribution >= 0.6 is 0 Å². The zero-order valence-electron chi connectivity index (χ0n) is 11.7. The summed E-state index contributed by atoms with van der Waals surface area (Å²) in [4.78, 5) is 24.1. The number of ether oxygens (including phenoxy) is 1. The molecule has 0 heterocycles. The molecule has 110 valence electrons. The van der Waals surface area contributed by atoms with Gasteiger partial charge in [-0.25, -0.2) is 9.18 Å². The molecule has 1 N–H and O–H groups in total. The van der Waals surface area contributed by atoms with Crippen LogP contribution in [-0.2, 0) is 9.59 Å². The number of halogens is 1. The number of carbonyl (C=O) groups excluding carboxylic acids is 1. The zero-order valence-corrected chi connectivity index (χ0v) is 11.7. The number of likely N-dealkylation sites (N-methyl/N-ethyl adjacent to an activating group) is 1. The molecule has 2 unspecified atom stereocenters. The Hall–Kier alpha value is -2.11. The largest absolute Gasteiger partial charge is 0.480 e. The first-order valence-electron chi connectivity index (χ1n) is 6.29. The molecule has 0 aliphatic heterocycles. The van der Waals surface area contributed by atoms with Gasteiger partial charge in [-0.15, -0.1) is 0 Å². The lowest BCUT2D eigenvalue weighted by molar-refractivity contribution is -0.151. The molecule has 0 fully saturated rings. The van der Waals surface area contributed by atoms with Crippen molar-refractivity contribution in [2.75, 3.05) is 7.05 Å². The summed E-state index contributed by atoms with van der Waals surface area (Å²) in [6, 6.07) is 4.80. The number of carboxylic acid groups (broad SMARTS) is 1. The Morgan fingerprint density at radius 2 is 2.00 bits per heavy atom. The topological polar surface area (TPSA) is 66.8 Å². The van der Waals surface area contributed by atoms with E-state index in [-0.39, 0.29) is 5.75 Å². The second-order valence-corrected chi connectivity index (χ2v) is 4.41. The van der Waals surface area contributed by atoms with E-state index in [0.717, 1.165) is 4.90 Å². The number of hydrogen-bond acceptors (Lipinski definition) is 3. The molecule has 2 atom stereocenters. The molecule has 1 aromatic rings. The number of nitrogens with zero attached hydrogens (tertiary/aromatic N) is 1. The Balaban J connectivity index is 2.83. The lowest BCUT2D eigenvalue weighted by Gasteiger charge is -2.26. The van der Waals surface area contributed by atoms with E-state index in [2.05, 4.69) is 0 Å². The molecule has 0 saturated carbocycles. The van der Waals surface area contributed by atoms with Gasteiger partial charge in [0.25, 0.3) is 5.91 Å². The fourth-order valence-corrected chi connectivity index (χ4v) is 1.59. The molecule has 0 saturated heterocycles. The molecule has 5 nitrogen and oxygen atoms in total. The third-order valence-electron chi connectivity index (χ3n) is 3.04. The Morgan fingerprint density at radius 1 is 1.40 bits per heavy atom. The minimum Gasteiger partial charge on any atom is -0.480 e. The highest BCUT2D eigenvalue weighted by molar-refractivity contribution is 5.86. The zero-order chi connectivity index (χ0) is 15.3. The van der Waals surface area contributed by atoms with Crippen molar-refractivity contribution in [2.45, 2.75) is 32.4 Å². The molecular weight excluding hydrogens is 265 g/mol. The van der Waals surface area contributed by atoms with Crippen LogP contribution < -0.4 is 4.74 Å². The normalized spacial score (nSPS) is 13.4. The summed E-state index contributed by atoms with van der Waals surface area (Å²) >= 11 is 0. The van der Waals surface area contributed by atoms with Gasteiger partial charge >= 0.3 is 5.97 Å². The van der Waals surface area contributed by atoms with E-state index in [0.29, 0.717) is 6.42 Å². The van der Waals surface area contributed by atoms with Gasteiger partial charge in [-0.2, -0.15) is 0 Å². The molecule has 0 spiro atoms. The van der Waals surface area contributed by atoms with Crippen LogP contribution in [0.2, 0.25) is 0 Å². The second kappa shape index (κ2) is 6.88. The standard InChI is InChI=1S/C14H18FNO4/c1-4-11(13(17)16(3)9(2)14(18)19)20-12-8-6-5-7-10(12)15/h5-9,11H,4H2,1-3H3,(H,18,19). The first kappa shape index (κ1) is 15.9. The van der Waals surface area contributed by atoms with E-state index in [9.17, 15) is 14.0 Å². The van der Waals surface area contributed by atoms with E-state index in [1.165, 1.54) is 32.2 Å².